The fourth-order valence-corrected chi connectivity index (χ4v) is 3.51. The quantitative estimate of drug-likeness (QED) is 0.814. The smallest absolute Gasteiger partial charge is 0.220 e. The Hall–Kier alpha value is -2.20. The maximum Gasteiger partial charge on any atom is 0.220 e. The monoisotopic (exact) mass is 354 g/mol. The minimum absolute atomic E-state index is 0.0469. The van der Waals surface area contributed by atoms with Crippen LogP contribution < -0.4 is 5.32 Å². The van der Waals surface area contributed by atoms with Crippen molar-refractivity contribution in [2.75, 3.05) is 19.6 Å². The van der Waals surface area contributed by atoms with E-state index in [2.05, 4.69) is 41.4 Å². The number of hydrogen-bond acceptors (Lipinski definition) is 2. The van der Waals surface area contributed by atoms with Crippen LogP contribution in [0.3, 0.4) is 0 Å². The van der Waals surface area contributed by atoms with Crippen LogP contribution in [0.4, 0.5) is 4.39 Å². The highest BCUT2D eigenvalue weighted by molar-refractivity contribution is 5.76. The van der Waals surface area contributed by atoms with E-state index in [4.69, 9.17) is 0 Å². The van der Waals surface area contributed by atoms with Crippen LogP contribution in [0.25, 0.3) is 0 Å². The Bertz CT molecular complexity index is 706. The molecule has 1 aliphatic heterocycles. The van der Waals surface area contributed by atoms with Gasteiger partial charge in [-0.05, 0) is 62.5 Å². The summed E-state index contributed by atoms with van der Waals surface area (Å²) < 4.78 is 12.9. The van der Waals surface area contributed by atoms with Gasteiger partial charge in [0.15, 0.2) is 0 Å². The van der Waals surface area contributed by atoms with Crippen LogP contribution in [0.15, 0.2) is 48.5 Å². The molecule has 1 atom stereocenters. The minimum Gasteiger partial charge on any atom is -0.354 e. The van der Waals surface area contributed by atoms with Crippen molar-refractivity contribution in [1.82, 2.24) is 10.2 Å². The van der Waals surface area contributed by atoms with E-state index in [1.807, 2.05) is 0 Å². The van der Waals surface area contributed by atoms with Crippen molar-refractivity contribution in [2.24, 2.45) is 0 Å². The van der Waals surface area contributed by atoms with Gasteiger partial charge in [-0.2, -0.15) is 0 Å². The summed E-state index contributed by atoms with van der Waals surface area (Å²) >= 11 is 0. The summed E-state index contributed by atoms with van der Waals surface area (Å²) in [5, 5.41) is 3.10. The largest absolute Gasteiger partial charge is 0.354 e. The van der Waals surface area contributed by atoms with Crippen LogP contribution in [-0.4, -0.2) is 30.4 Å². The predicted octanol–water partition coefficient (Wildman–Crippen LogP) is 4.02. The van der Waals surface area contributed by atoms with Crippen LogP contribution in [-0.2, 0) is 11.2 Å². The van der Waals surface area contributed by atoms with E-state index in [1.54, 1.807) is 12.1 Å². The molecule has 1 heterocycles. The molecule has 1 N–H and O–H groups in total. The normalized spacial score (nSPS) is 15.8. The third kappa shape index (κ3) is 5.15. The highest BCUT2D eigenvalue weighted by Crippen LogP contribution is 2.25. The van der Waals surface area contributed by atoms with E-state index in [0.717, 1.165) is 18.7 Å². The molecular weight excluding hydrogens is 327 g/mol. The summed E-state index contributed by atoms with van der Waals surface area (Å²) in [7, 11) is 0. The first-order chi connectivity index (χ1) is 12.6. The van der Waals surface area contributed by atoms with E-state index in [0.29, 0.717) is 19.4 Å². The number of likely N-dealkylation sites (tertiary alicyclic amines) is 1. The van der Waals surface area contributed by atoms with Crippen LogP contribution in [0, 0.1) is 12.7 Å². The van der Waals surface area contributed by atoms with Crippen molar-refractivity contribution in [3.8, 4) is 0 Å². The van der Waals surface area contributed by atoms with Crippen molar-refractivity contribution >= 4 is 5.91 Å². The number of nitrogens with zero attached hydrogens (tertiary/aromatic N) is 1. The van der Waals surface area contributed by atoms with Crippen molar-refractivity contribution in [1.29, 1.82) is 0 Å². The van der Waals surface area contributed by atoms with Gasteiger partial charge >= 0.3 is 0 Å². The molecule has 1 unspecified atom stereocenters. The summed E-state index contributed by atoms with van der Waals surface area (Å²) in [6.07, 6.45) is 3.50. The molecule has 0 spiro atoms. The average Bonchev–Trinajstić information content (AvgIpc) is 3.17. The van der Waals surface area contributed by atoms with Crippen molar-refractivity contribution < 1.29 is 9.18 Å². The van der Waals surface area contributed by atoms with Crippen molar-refractivity contribution in [2.45, 2.75) is 38.6 Å². The van der Waals surface area contributed by atoms with Crippen molar-refractivity contribution in [3.05, 3.63) is 71.0 Å². The van der Waals surface area contributed by atoms with Crippen molar-refractivity contribution in [3.63, 3.8) is 0 Å². The maximum atomic E-state index is 12.9. The molecule has 138 valence electrons. The minimum atomic E-state index is -0.246. The first kappa shape index (κ1) is 18.6. The molecule has 0 radical (unpaired) electrons. The SMILES string of the molecule is Cc1ccc(C(CNC(=O)CCc2ccc(F)cc2)N2CCCC2)cc1. The zero-order valence-corrected chi connectivity index (χ0v) is 15.4. The molecule has 1 fully saturated rings. The molecule has 0 aromatic heterocycles. The fourth-order valence-electron chi connectivity index (χ4n) is 3.51. The summed E-state index contributed by atoms with van der Waals surface area (Å²) in [5.41, 5.74) is 3.49. The molecule has 26 heavy (non-hydrogen) atoms. The third-order valence-corrected chi connectivity index (χ3v) is 5.09. The molecule has 3 rings (SSSR count). The molecule has 0 bridgehead atoms. The number of rotatable bonds is 7. The second-order valence-corrected chi connectivity index (χ2v) is 7.10. The lowest BCUT2D eigenvalue weighted by atomic mass is 10.0. The molecule has 0 saturated carbocycles. The van der Waals surface area contributed by atoms with Crippen LogP contribution in [0.2, 0.25) is 0 Å². The second-order valence-electron chi connectivity index (χ2n) is 7.10. The van der Waals surface area contributed by atoms with Gasteiger partial charge in [0.05, 0.1) is 6.04 Å². The number of hydrogen-bond donors (Lipinski definition) is 1. The summed E-state index contributed by atoms with van der Waals surface area (Å²) in [4.78, 5) is 14.7. The molecule has 3 nitrogen and oxygen atoms in total. The number of carbonyl (C=O) groups excluding carboxylic acids is 1. The van der Waals surface area contributed by atoms with Gasteiger partial charge in [-0.1, -0.05) is 42.0 Å². The van der Waals surface area contributed by atoms with Crippen LogP contribution in [0.5, 0.6) is 0 Å². The number of carbonyl (C=O) groups is 1. The van der Waals surface area contributed by atoms with Gasteiger partial charge in [0, 0.05) is 13.0 Å². The first-order valence-electron chi connectivity index (χ1n) is 9.43. The van der Waals surface area contributed by atoms with Gasteiger partial charge in [0.25, 0.3) is 0 Å². The fraction of sp³-hybridized carbons (Fsp3) is 0.409. The number of nitrogens with one attached hydrogen (secondary N) is 1. The molecule has 1 amide bonds. The van der Waals surface area contributed by atoms with Gasteiger partial charge < -0.3 is 5.32 Å². The van der Waals surface area contributed by atoms with Gasteiger partial charge in [-0.3, -0.25) is 9.69 Å². The van der Waals surface area contributed by atoms with E-state index in [1.165, 1.54) is 36.1 Å². The maximum absolute atomic E-state index is 12.9. The van der Waals surface area contributed by atoms with E-state index in [-0.39, 0.29) is 17.8 Å². The standard InChI is InChI=1S/C22H27FN2O/c1-17-4-9-19(10-5-17)21(25-14-2-3-15-25)16-24-22(26)13-8-18-6-11-20(23)12-7-18/h4-7,9-12,21H,2-3,8,13-16H2,1H3,(H,24,26). The zero-order valence-electron chi connectivity index (χ0n) is 15.4. The highest BCUT2D eigenvalue weighted by atomic mass is 19.1. The average molecular weight is 354 g/mol. The molecule has 4 heteroatoms. The zero-order chi connectivity index (χ0) is 18.4. The van der Waals surface area contributed by atoms with Gasteiger partial charge in [0.1, 0.15) is 5.82 Å². The van der Waals surface area contributed by atoms with Gasteiger partial charge in [-0.15, -0.1) is 0 Å². The Kier molecular flexibility index (Phi) is 6.40. The van der Waals surface area contributed by atoms with Gasteiger partial charge in [-0.25, -0.2) is 4.39 Å². The van der Waals surface area contributed by atoms with E-state index >= 15 is 0 Å². The number of amides is 1. The lowest BCUT2D eigenvalue weighted by molar-refractivity contribution is -0.121. The molecular formula is C22H27FN2O. The van der Waals surface area contributed by atoms with Gasteiger partial charge in [0.2, 0.25) is 5.91 Å². The summed E-state index contributed by atoms with van der Waals surface area (Å²) in [6, 6.07) is 15.2. The second kappa shape index (κ2) is 8.95. The van der Waals surface area contributed by atoms with Crippen LogP contribution in [0.1, 0.15) is 42.0 Å². The summed E-state index contributed by atoms with van der Waals surface area (Å²) in [6.45, 7) is 4.89. The molecule has 2 aromatic rings. The number of aryl methyl sites for hydroxylation is 2. The topological polar surface area (TPSA) is 32.3 Å². The molecule has 1 saturated heterocycles. The Morgan fingerprint density at radius 3 is 2.38 bits per heavy atom. The Morgan fingerprint density at radius 1 is 1.08 bits per heavy atom. The number of benzene rings is 2. The summed E-state index contributed by atoms with van der Waals surface area (Å²) in [5.74, 6) is -0.199. The van der Waals surface area contributed by atoms with E-state index in [9.17, 15) is 9.18 Å². The molecule has 0 aliphatic carbocycles. The lowest BCUT2D eigenvalue weighted by Crippen LogP contribution is -2.36. The predicted molar refractivity (Wildman–Crippen MR) is 102 cm³/mol. The molecule has 2 aromatic carbocycles. The Morgan fingerprint density at radius 2 is 1.73 bits per heavy atom. The third-order valence-electron chi connectivity index (χ3n) is 5.09. The van der Waals surface area contributed by atoms with Crippen LogP contribution >= 0.6 is 0 Å². The Balaban J connectivity index is 1.55. The first-order valence-corrected chi connectivity index (χ1v) is 9.43. The lowest BCUT2D eigenvalue weighted by Gasteiger charge is -2.28. The number of halogens is 1. The highest BCUT2D eigenvalue weighted by Gasteiger charge is 2.23. The Labute approximate surface area is 155 Å². The molecule has 1 aliphatic rings. The van der Waals surface area contributed by atoms with E-state index < -0.39 is 0 Å².